The molecule has 24 heavy (non-hydrogen) atoms. The number of carbonyl (C=O) groups is 3. The first kappa shape index (κ1) is 16.4. The second kappa shape index (κ2) is 6.59. The van der Waals surface area contributed by atoms with Gasteiger partial charge in [0.1, 0.15) is 5.57 Å². The number of amides is 4. The maximum absolute atomic E-state index is 12.7. The number of benzene rings is 2. The number of urea groups is 1. The summed E-state index contributed by atoms with van der Waals surface area (Å²) in [5.74, 6) is -1.46. The molecule has 1 saturated heterocycles. The number of hydrogen-bond donors (Lipinski definition) is 1. The highest BCUT2D eigenvalue weighted by molar-refractivity contribution is 9.10. The van der Waals surface area contributed by atoms with E-state index in [9.17, 15) is 14.4 Å². The first-order chi connectivity index (χ1) is 11.5. The van der Waals surface area contributed by atoms with Crippen molar-refractivity contribution in [2.45, 2.75) is 0 Å². The summed E-state index contributed by atoms with van der Waals surface area (Å²) in [6, 6.07) is 12.7. The van der Waals surface area contributed by atoms with Gasteiger partial charge in [0.05, 0.1) is 5.69 Å². The van der Waals surface area contributed by atoms with Crippen LogP contribution in [0.25, 0.3) is 6.08 Å². The zero-order valence-corrected chi connectivity index (χ0v) is 14.5. The van der Waals surface area contributed by atoms with Crippen LogP contribution in [0.4, 0.5) is 10.5 Å². The summed E-state index contributed by atoms with van der Waals surface area (Å²) < 4.78 is 0.703. The molecule has 1 N–H and O–H groups in total. The van der Waals surface area contributed by atoms with Gasteiger partial charge < -0.3 is 0 Å². The van der Waals surface area contributed by atoms with E-state index in [1.807, 2.05) is 0 Å². The summed E-state index contributed by atoms with van der Waals surface area (Å²) in [5.41, 5.74) is 0.702. The van der Waals surface area contributed by atoms with Gasteiger partial charge in [-0.25, -0.2) is 9.69 Å². The van der Waals surface area contributed by atoms with Gasteiger partial charge in [-0.15, -0.1) is 0 Å². The molecule has 5 nitrogen and oxygen atoms in total. The molecule has 1 aliphatic heterocycles. The molecule has 3 rings (SSSR count). The third kappa shape index (κ3) is 3.11. The number of anilines is 1. The number of halogens is 2. The molecule has 0 bridgehead atoms. The molecule has 7 heteroatoms. The van der Waals surface area contributed by atoms with E-state index in [1.165, 1.54) is 6.08 Å². The molecule has 0 saturated carbocycles. The standard InChI is InChI=1S/C17H10BrClN2O3/c18-11-5-3-6-12(9-11)21-16(23)13(15(22)20-17(21)24)8-10-4-1-2-7-14(10)19/h1-9H,(H,20,22,24)/b13-8+. The maximum atomic E-state index is 12.7. The predicted molar refractivity (Wildman–Crippen MR) is 94.6 cm³/mol. The summed E-state index contributed by atoms with van der Waals surface area (Å²) in [6.07, 6.45) is 1.37. The Bertz CT molecular complexity index is 895. The molecule has 0 atom stereocenters. The van der Waals surface area contributed by atoms with Crippen molar-refractivity contribution in [3.8, 4) is 0 Å². The second-order valence-corrected chi connectivity index (χ2v) is 6.28. The summed E-state index contributed by atoms with van der Waals surface area (Å²) >= 11 is 9.36. The molecule has 1 fully saturated rings. The van der Waals surface area contributed by atoms with Crippen molar-refractivity contribution in [3.05, 3.63) is 69.2 Å². The van der Waals surface area contributed by atoms with Crippen LogP contribution in [0.1, 0.15) is 5.56 Å². The minimum absolute atomic E-state index is 0.164. The number of carbonyl (C=O) groups excluding carboxylic acids is 3. The van der Waals surface area contributed by atoms with E-state index in [0.717, 1.165) is 4.90 Å². The lowest BCUT2D eigenvalue weighted by molar-refractivity contribution is -0.122. The summed E-state index contributed by atoms with van der Waals surface area (Å²) in [7, 11) is 0. The zero-order valence-electron chi connectivity index (χ0n) is 12.1. The molecule has 0 spiro atoms. The normalized spacial score (nSPS) is 16.5. The molecule has 2 aromatic carbocycles. The highest BCUT2D eigenvalue weighted by Crippen LogP contribution is 2.26. The Morgan fingerprint density at radius 1 is 1.04 bits per heavy atom. The first-order valence-corrected chi connectivity index (χ1v) is 8.06. The van der Waals surface area contributed by atoms with Gasteiger partial charge in [0.25, 0.3) is 11.8 Å². The maximum Gasteiger partial charge on any atom is 0.335 e. The lowest BCUT2D eigenvalue weighted by Crippen LogP contribution is -2.54. The molecular weight excluding hydrogens is 396 g/mol. The number of nitrogens with one attached hydrogen (secondary N) is 1. The molecular formula is C17H10BrClN2O3. The van der Waals surface area contributed by atoms with Gasteiger partial charge in [0.2, 0.25) is 0 Å². The van der Waals surface area contributed by atoms with E-state index in [-0.39, 0.29) is 5.57 Å². The highest BCUT2D eigenvalue weighted by Gasteiger charge is 2.36. The van der Waals surface area contributed by atoms with E-state index in [4.69, 9.17) is 11.6 Å². The average Bonchev–Trinajstić information content (AvgIpc) is 2.53. The van der Waals surface area contributed by atoms with Gasteiger partial charge in [0, 0.05) is 9.50 Å². The lowest BCUT2D eigenvalue weighted by atomic mass is 10.1. The monoisotopic (exact) mass is 404 g/mol. The van der Waals surface area contributed by atoms with Crippen LogP contribution in [0.15, 0.2) is 58.6 Å². The van der Waals surface area contributed by atoms with Gasteiger partial charge in [0.15, 0.2) is 0 Å². The Kier molecular flexibility index (Phi) is 4.51. The summed E-state index contributed by atoms with van der Waals surface area (Å²) in [4.78, 5) is 37.8. The molecule has 120 valence electrons. The molecule has 0 aliphatic carbocycles. The topological polar surface area (TPSA) is 66.5 Å². The average molecular weight is 406 g/mol. The SMILES string of the molecule is O=C1NC(=O)N(c2cccc(Br)c2)C(=O)/C1=C/c1ccccc1Cl. The van der Waals surface area contributed by atoms with Crippen LogP contribution in [-0.4, -0.2) is 17.8 Å². The first-order valence-electron chi connectivity index (χ1n) is 6.89. The molecule has 0 radical (unpaired) electrons. The van der Waals surface area contributed by atoms with Gasteiger partial charge in [-0.1, -0.05) is 51.8 Å². The number of nitrogens with zero attached hydrogens (tertiary/aromatic N) is 1. The number of imide groups is 2. The van der Waals surface area contributed by atoms with E-state index < -0.39 is 17.8 Å². The van der Waals surface area contributed by atoms with E-state index >= 15 is 0 Å². The van der Waals surface area contributed by atoms with Crippen LogP contribution in [0, 0.1) is 0 Å². The van der Waals surface area contributed by atoms with E-state index in [1.54, 1.807) is 48.5 Å². The van der Waals surface area contributed by atoms with Crippen molar-refractivity contribution >= 4 is 57.1 Å². The number of barbiturate groups is 1. The molecule has 1 aliphatic rings. The van der Waals surface area contributed by atoms with Crippen LogP contribution >= 0.6 is 27.5 Å². The second-order valence-electron chi connectivity index (χ2n) is 4.96. The van der Waals surface area contributed by atoms with Crippen molar-refractivity contribution in [2.24, 2.45) is 0 Å². The van der Waals surface area contributed by atoms with E-state index in [2.05, 4.69) is 21.2 Å². The highest BCUT2D eigenvalue weighted by atomic mass is 79.9. The van der Waals surface area contributed by atoms with Crippen molar-refractivity contribution in [1.29, 1.82) is 0 Å². The quantitative estimate of drug-likeness (QED) is 0.611. The Balaban J connectivity index is 2.05. The molecule has 0 unspecified atom stereocenters. The molecule has 2 aromatic rings. The molecule has 1 heterocycles. The fourth-order valence-corrected chi connectivity index (χ4v) is 2.83. The Hall–Kier alpha value is -2.44. The predicted octanol–water partition coefficient (Wildman–Crippen LogP) is 3.77. The smallest absolute Gasteiger partial charge is 0.273 e. The number of hydrogen-bond acceptors (Lipinski definition) is 3. The number of rotatable bonds is 2. The van der Waals surface area contributed by atoms with Crippen molar-refractivity contribution in [1.82, 2.24) is 5.32 Å². The van der Waals surface area contributed by atoms with Crippen molar-refractivity contribution < 1.29 is 14.4 Å². The Morgan fingerprint density at radius 2 is 1.79 bits per heavy atom. The minimum Gasteiger partial charge on any atom is -0.273 e. The summed E-state index contributed by atoms with van der Waals surface area (Å²) in [5, 5.41) is 2.57. The van der Waals surface area contributed by atoms with Crippen LogP contribution in [0.2, 0.25) is 5.02 Å². The molecule has 4 amide bonds. The fourth-order valence-electron chi connectivity index (χ4n) is 2.25. The van der Waals surface area contributed by atoms with Crippen LogP contribution < -0.4 is 10.2 Å². The minimum atomic E-state index is -0.792. The fraction of sp³-hybridized carbons (Fsp3) is 0. The van der Waals surface area contributed by atoms with Gasteiger partial charge >= 0.3 is 6.03 Å². The van der Waals surface area contributed by atoms with Crippen molar-refractivity contribution in [3.63, 3.8) is 0 Å². The van der Waals surface area contributed by atoms with Crippen LogP contribution in [-0.2, 0) is 9.59 Å². The third-order valence-corrected chi connectivity index (χ3v) is 4.21. The van der Waals surface area contributed by atoms with Crippen LogP contribution in [0.5, 0.6) is 0 Å². The summed E-state index contributed by atoms with van der Waals surface area (Å²) in [6.45, 7) is 0. The Labute approximate surface area is 151 Å². The van der Waals surface area contributed by atoms with Gasteiger partial charge in [-0.05, 0) is 35.9 Å². The lowest BCUT2D eigenvalue weighted by Gasteiger charge is -2.26. The van der Waals surface area contributed by atoms with Gasteiger partial charge in [-0.2, -0.15) is 0 Å². The van der Waals surface area contributed by atoms with Crippen LogP contribution in [0.3, 0.4) is 0 Å². The Morgan fingerprint density at radius 3 is 2.50 bits per heavy atom. The van der Waals surface area contributed by atoms with Gasteiger partial charge in [-0.3, -0.25) is 14.9 Å². The largest absolute Gasteiger partial charge is 0.335 e. The van der Waals surface area contributed by atoms with Crippen molar-refractivity contribution in [2.75, 3.05) is 4.90 Å². The molecule has 0 aromatic heterocycles. The third-order valence-electron chi connectivity index (χ3n) is 3.37. The zero-order chi connectivity index (χ0) is 17.3. The van der Waals surface area contributed by atoms with E-state index in [0.29, 0.717) is 20.7 Å².